The van der Waals surface area contributed by atoms with Crippen molar-refractivity contribution in [1.29, 1.82) is 0 Å². The molecule has 0 radical (unpaired) electrons. The van der Waals surface area contributed by atoms with Crippen molar-refractivity contribution in [2.45, 2.75) is 0 Å². The highest BCUT2D eigenvalue weighted by molar-refractivity contribution is 7.98. The number of thioether (sulfide) groups is 1. The molecule has 1 rings (SSSR count). The van der Waals surface area contributed by atoms with Crippen molar-refractivity contribution in [2.24, 2.45) is 0 Å². The maximum atomic E-state index is 12.9. The summed E-state index contributed by atoms with van der Waals surface area (Å²) in [6.45, 7) is 0.870. The number of halogens is 1. The van der Waals surface area contributed by atoms with Crippen molar-refractivity contribution < 1.29 is 4.39 Å². The maximum absolute atomic E-state index is 12.9. The first-order valence-electron chi connectivity index (χ1n) is 4.40. The second-order valence-corrected chi connectivity index (χ2v) is 4.10. The molecule has 0 aliphatic rings. The van der Waals surface area contributed by atoms with Gasteiger partial charge in [-0.3, -0.25) is 0 Å². The Hall–Kier alpha value is -0.900. The van der Waals surface area contributed by atoms with Crippen molar-refractivity contribution >= 4 is 23.1 Å². The molecule has 0 amide bonds. The van der Waals surface area contributed by atoms with E-state index in [-0.39, 0.29) is 5.82 Å². The van der Waals surface area contributed by atoms with Crippen LogP contribution < -0.4 is 10.6 Å². The molecule has 0 atom stereocenters. The summed E-state index contributed by atoms with van der Waals surface area (Å²) >= 11 is 1.76. The highest BCUT2D eigenvalue weighted by atomic mass is 32.2. The van der Waals surface area contributed by atoms with E-state index in [4.69, 9.17) is 5.73 Å². The summed E-state index contributed by atoms with van der Waals surface area (Å²) in [5, 5.41) is 0. The van der Waals surface area contributed by atoms with E-state index in [9.17, 15) is 4.39 Å². The lowest BCUT2D eigenvalue weighted by atomic mass is 10.2. The molecular weight excluding hydrogens is 199 g/mol. The Bertz CT molecular complexity index is 304. The van der Waals surface area contributed by atoms with Gasteiger partial charge in [-0.25, -0.2) is 4.39 Å². The number of nitrogen functional groups attached to an aromatic ring is 1. The molecule has 2 nitrogen and oxygen atoms in total. The van der Waals surface area contributed by atoms with Gasteiger partial charge in [0.05, 0.1) is 11.4 Å². The van der Waals surface area contributed by atoms with E-state index < -0.39 is 0 Å². The Labute approximate surface area is 88.3 Å². The molecule has 0 saturated carbocycles. The van der Waals surface area contributed by atoms with Crippen LogP contribution in [0.2, 0.25) is 0 Å². The fraction of sp³-hybridized carbons (Fsp3) is 0.400. The minimum Gasteiger partial charge on any atom is -0.397 e. The van der Waals surface area contributed by atoms with Gasteiger partial charge in [0.15, 0.2) is 0 Å². The third-order valence-corrected chi connectivity index (χ3v) is 2.63. The van der Waals surface area contributed by atoms with E-state index in [2.05, 4.69) is 0 Å². The predicted octanol–water partition coefficient (Wildman–Crippen LogP) is 2.21. The number of benzene rings is 1. The number of hydrogen-bond donors (Lipinski definition) is 1. The summed E-state index contributed by atoms with van der Waals surface area (Å²) < 4.78 is 12.9. The molecular formula is C10H15FN2S. The van der Waals surface area contributed by atoms with Gasteiger partial charge >= 0.3 is 0 Å². The lowest BCUT2D eigenvalue weighted by molar-refractivity contribution is 0.627. The highest BCUT2D eigenvalue weighted by Gasteiger charge is 2.05. The molecule has 0 heterocycles. The molecule has 0 fully saturated rings. The summed E-state index contributed by atoms with van der Waals surface area (Å²) in [6.07, 6.45) is 2.04. The first-order chi connectivity index (χ1) is 6.65. The molecule has 0 aliphatic heterocycles. The van der Waals surface area contributed by atoms with Gasteiger partial charge in [0.1, 0.15) is 5.82 Å². The lowest BCUT2D eigenvalue weighted by Crippen LogP contribution is -2.21. The molecule has 1 aromatic rings. The molecule has 1 aromatic carbocycles. The van der Waals surface area contributed by atoms with Crippen LogP contribution in [0.3, 0.4) is 0 Å². The van der Waals surface area contributed by atoms with Gasteiger partial charge in [0.25, 0.3) is 0 Å². The van der Waals surface area contributed by atoms with Gasteiger partial charge in [-0.2, -0.15) is 11.8 Å². The lowest BCUT2D eigenvalue weighted by Gasteiger charge is -2.20. The molecule has 0 unspecified atom stereocenters. The average molecular weight is 214 g/mol. The van der Waals surface area contributed by atoms with Crippen molar-refractivity contribution in [3.63, 3.8) is 0 Å². The maximum Gasteiger partial charge on any atom is 0.125 e. The minimum atomic E-state index is -0.245. The van der Waals surface area contributed by atoms with E-state index in [0.717, 1.165) is 18.0 Å². The highest BCUT2D eigenvalue weighted by Crippen LogP contribution is 2.22. The molecule has 0 aliphatic carbocycles. The van der Waals surface area contributed by atoms with Crippen LogP contribution in [0.25, 0.3) is 0 Å². The molecule has 0 aromatic heterocycles. The Morgan fingerprint density at radius 1 is 1.50 bits per heavy atom. The second-order valence-electron chi connectivity index (χ2n) is 3.12. The number of nitrogens with two attached hydrogens (primary N) is 1. The fourth-order valence-corrected chi connectivity index (χ4v) is 1.65. The fourth-order valence-electron chi connectivity index (χ4n) is 1.20. The average Bonchev–Trinajstić information content (AvgIpc) is 2.18. The van der Waals surface area contributed by atoms with Crippen molar-refractivity contribution in [3.8, 4) is 0 Å². The molecule has 0 spiro atoms. The number of anilines is 2. The first-order valence-corrected chi connectivity index (χ1v) is 5.79. The normalized spacial score (nSPS) is 10.2. The van der Waals surface area contributed by atoms with Gasteiger partial charge in [-0.15, -0.1) is 0 Å². The second kappa shape index (κ2) is 5.10. The first kappa shape index (κ1) is 11.2. The zero-order valence-corrected chi connectivity index (χ0v) is 9.27. The molecule has 78 valence electrons. The van der Waals surface area contributed by atoms with Crippen LogP contribution in [-0.2, 0) is 0 Å². The quantitative estimate of drug-likeness (QED) is 0.779. The van der Waals surface area contributed by atoms with Crippen LogP contribution in [0.5, 0.6) is 0 Å². The zero-order chi connectivity index (χ0) is 10.6. The Morgan fingerprint density at radius 2 is 2.21 bits per heavy atom. The van der Waals surface area contributed by atoms with E-state index in [0.29, 0.717) is 5.69 Å². The minimum absolute atomic E-state index is 0.245. The van der Waals surface area contributed by atoms with E-state index in [1.165, 1.54) is 12.1 Å². The molecule has 14 heavy (non-hydrogen) atoms. The van der Waals surface area contributed by atoms with Crippen LogP contribution in [-0.4, -0.2) is 25.6 Å². The summed E-state index contributed by atoms with van der Waals surface area (Å²) in [5.74, 6) is 0.761. The summed E-state index contributed by atoms with van der Waals surface area (Å²) in [7, 11) is 1.92. The summed E-state index contributed by atoms with van der Waals surface area (Å²) in [4.78, 5) is 1.97. The molecule has 0 bridgehead atoms. The molecule has 4 heteroatoms. The van der Waals surface area contributed by atoms with Crippen LogP contribution in [0.15, 0.2) is 18.2 Å². The van der Waals surface area contributed by atoms with Crippen LogP contribution in [0.4, 0.5) is 15.8 Å². The van der Waals surface area contributed by atoms with Gasteiger partial charge in [-0.05, 0) is 24.5 Å². The smallest absolute Gasteiger partial charge is 0.125 e. The number of rotatable bonds is 4. The van der Waals surface area contributed by atoms with Gasteiger partial charge in [0.2, 0.25) is 0 Å². The van der Waals surface area contributed by atoms with Crippen molar-refractivity contribution in [1.82, 2.24) is 0 Å². The van der Waals surface area contributed by atoms with Crippen molar-refractivity contribution in [3.05, 3.63) is 24.0 Å². The van der Waals surface area contributed by atoms with Crippen LogP contribution in [0, 0.1) is 5.82 Å². The third kappa shape index (κ3) is 2.80. The SMILES string of the molecule is CSCCN(C)c1cc(F)ccc1N. The Kier molecular flexibility index (Phi) is 4.07. The summed E-state index contributed by atoms with van der Waals surface area (Å²) in [5.41, 5.74) is 7.13. The zero-order valence-electron chi connectivity index (χ0n) is 8.46. The van der Waals surface area contributed by atoms with Crippen LogP contribution in [0.1, 0.15) is 0 Å². The van der Waals surface area contributed by atoms with E-state index >= 15 is 0 Å². The molecule has 0 saturated heterocycles. The number of hydrogen-bond acceptors (Lipinski definition) is 3. The van der Waals surface area contributed by atoms with Gasteiger partial charge < -0.3 is 10.6 Å². The van der Waals surface area contributed by atoms with Gasteiger partial charge in [0, 0.05) is 19.3 Å². The van der Waals surface area contributed by atoms with E-state index in [1.807, 2.05) is 18.2 Å². The monoisotopic (exact) mass is 214 g/mol. The standard InChI is InChI=1S/C10H15FN2S/c1-13(5-6-14-2)10-7-8(11)3-4-9(10)12/h3-4,7H,5-6,12H2,1-2H3. The summed E-state index contributed by atoms with van der Waals surface area (Å²) in [6, 6.07) is 4.44. The predicted molar refractivity (Wildman–Crippen MR) is 62.5 cm³/mol. The Morgan fingerprint density at radius 3 is 2.86 bits per heavy atom. The number of nitrogens with zero attached hydrogens (tertiary/aromatic N) is 1. The Balaban J connectivity index is 2.77. The third-order valence-electron chi connectivity index (χ3n) is 2.03. The van der Waals surface area contributed by atoms with E-state index in [1.54, 1.807) is 17.8 Å². The van der Waals surface area contributed by atoms with Crippen LogP contribution >= 0.6 is 11.8 Å². The molecule has 2 N–H and O–H groups in total. The van der Waals surface area contributed by atoms with Crippen molar-refractivity contribution in [2.75, 3.05) is 36.2 Å². The van der Waals surface area contributed by atoms with Gasteiger partial charge in [-0.1, -0.05) is 0 Å². The largest absolute Gasteiger partial charge is 0.397 e. The topological polar surface area (TPSA) is 29.3 Å².